The number of rotatable bonds is 9. The summed E-state index contributed by atoms with van der Waals surface area (Å²) in [6, 6.07) is 7.55. The highest BCUT2D eigenvalue weighted by Gasteiger charge is 2.44. The van der Waals surface area contributed by atoms with Crippen molar-refractivity contribution in [3.63, 3.8) is 0 Å². The zero-order valence-electron chi connectivity index (χ0n) is 18.2. The molecule has 5 atom stereocenters. The van der Waals surface area contributed by atoms with Crippen LogP contribution in [0.2, 0.25) is 0 Å². The van der Waals surface area contributed by atoms with Gasteiger partial charge in [0.15, 0.2) is 0 Å². The molecule has 0 saturated carbocycles. The molecule has 0 bridgehead atoms. The smallest absolute Gasteiger partial charge is 0.326 e. The Labute approximate surface area is 182 Å². The van der Waals surface area contributed by atoms with Crippen molar-refractivity contribution in [3.8, 4) is 0 Å². The molecular formula is C23H32N2O6. The zero-order chi connectivity index (χ0) is 22.4. The van der Waals surface area contributed by atoms with E-state index in [9.17, 15) is 19.5 Å². The van der Waals surface area contributed by atoms with Crippen molar-refractivity contribution < 1.29 is 29.0 Å². The van der Waals surface area contributed by atoms with E-state index < -0.39 is 30.1 Å². The number of carbonyl (C=O) groups excluding carboxylic acids is 2. The summed E-state index contributed by atoms with van der Waals surface area (Å²) >= 11 is 0. The molecule has 2 heterocycles. The zero-order valence-corrected chi connectivity index (χ0v) is 18.2. The van der Waals surface area contributed by atoms with Gasteiger partial charge in [-0.25, -0.2) is 4.79 Å². The maximum absolute atomic E-state index is 13.2. The summed E-state index contributed by atoms with van der Waals surface area (Å²) in [4.78, 5) is 39.0. The maximum Gasteiger partial charge on any atom is 0.326 e. The summed E-state index contributed by atoms with van der Waals surface area (Å²) in [5.74, 6) is -1.39. The number of hydrogen-bond acceptors (Lipinski definition) is 6. The average Bonchev–Trinajstić information content (AvgIpc) is 3.23. The number of benzene rings is 1. The Kier molecular flexibility index (Phi) is 8.03. The molecule has 2 N–H and O–H groups in total. The standard InChI is InChI=1S/C23H32N2O6/c1-3-31-23(29)19(10-9-16-7-5-4-6-8-16)24-15(2)21(26)25-12-18-14-30-13-17(18)11-20(25)22(27)28/h4-8,15,17-20,24H,3,9-14H2,1-2H3,(H,27,28)/t15?,17?,18?,19-,20-/m0/s1. The van der Waals surface area contributed by atoms with Crippen molar-refractivity contribution in [2.24, 2.45) is 11.8 Å². The summed E-state index contributed by atoms with van der Waals surface area (Å²) in [6.45, 7) is 5.13. The van der Waals surface area contributed by atoms with Gasteiger partial charge in [-0.05, 0) is 44.6 Å². The molecule has 3 rings (SSSR count). The fourth-order valence-electron chi connectivity index (χ4n) is 4.47. The minimum Gasteiger partial charge on any atom is -0.480 e. The Morgan fingerprint density at radius 2 is 1.94 bits per heavy atom. The van der Waals surface area contributed by atoms with Gasteiger partial charge < -0.3 is 19.5 Å². The van der Waals surface area contributed by atoms with Gasteiger partial charge in [0.05, 0.1) is 19.3 Å². The number of ether oxygens (including phenoxy) is 2. The van der Waals surface area contributed by atoms with Crippen molar-refractivity contribution in [3.05, 3.63) is 35.9 Å². The lowest BCUT2D eigenvalue weighted by Crippen LogP contribution is -2.59. The normalized spacial score (nSPS) is 24.8. The molecule has 8 heteroatoms. The number of carboxylic acid groups (broad SMARTS) is 1. The van der Waals surface area contributed by atoms with E-state index in [1.807, 2.05) is 30.3 Å². The van der Waals surface area contributed by atoms with Crippen LogP contribution in [-0.2, 0) is 30.3 Å². The van der Waals surface area contributed by atoms with Gasteiger partial charge in [0.25, 0.3) is 0 Å². The van der Waals surface area contributed by atoms with Gasteiger partial charge in [-0.15, -0.1) is 0 Å². The fraction of sp³-hybridized carbons (Fsp3) is 0.609. The largest absolute Gasteiger partial charge is 0.480 e. The van der Waals surface area contributed by atoms with E-state index in [4.69, 9.17) is 9.47 Å². The van der Waals surface area contributed by atoms with Crippen LogP contribution in [0, 0.1) is 11.8 Å². The number of carbonyl (C=O) groups is 3. The van der Waals surface area contributed by atoms with Crippen molar-refractivity contribution >= 4 is 17.8 Å². The van der Waals surface area contributed by atoms with Gasteiger partial charge in [0.2, 0.25) is 5.91 Å². The lowest BCUT2D eigenvalue weighted by Gasteiger charge is -2.40. The first-order chi connectivity index (χ1) is 14.9. The second-order valence-electron chi connectivity index (χ2n) is 8.36. The van der Waals surface area contributed by atoms with E-state index in [0.29, 0.717) is 39.0 Å². The summed E-state index contributed by atoms with van der Waals surface area (Å²) in [5, 5.41) is 12.8. The van der Waals surface area contributed by atoms with Crippen molar-refractivity contribution in [2.45, 2.75) is 51.2 Å². The second kappa shape index (κ2) is 10.7. The van der Waals surface area contributed by atoms with Crippen LogP contribution in [0.5, 0.6) is 0 Å². The van der Waals surface area contributed by atoms with Crippen LogP contribution >= 0.6 is 0 Å². The minimum absolute atomic E-state index is 0.158. The summed E-state index contributed by atoms with van der Waals surface area (Å²) in [5.41, 5.74) is 1.09. The Bertz CT molecular complexity index is 771. The number of nitrogens with zero attached hydrogens (tertiary/aromatic N) is 1. The number of aryl methyl sites for hydroxylation is 1. The van der Waals surface area contributed by atoms with Crippen LogP contribution in [0.4, 0.5) is 0 Å². The molecule has 2 saturated heterocycles. The van der Waals surface area contributed by atoms with E-state index in [1.54, 1.807) is 13.8 Å². The summed E-state index contributed by atoms with van der Waals surface area (Å²) in [6.07, 6.45) is 1.52. The quantitative estimate of drug-likeness (QED) is 0.570. The van der Waals surface area contributed by atoms with Crippen molar-refractivity contribution in [1.29, 1.82) is 0 Å². The molecular weight excluding hydrogens is 400 g/mol. The van der Waals surface area contributed by atoms with Crippen LogP contribution in [0.25, 0.3) is 0 Å². The number of nitrogens with one attached hydrogen (secondary N) is 1. The highest BCUT2D eigenvalue weighted by atomic mass is 16.5. The number of aliphatic carboxylic acids is 1. The monoisotopic (exact) mass is 432 g/mol. The highest BCUT2D eigenvalue weighted by Crippen LogP contribution is 2.33. The van der Waals surface area contributed by atoms with Crippen LogP contribution in [0.3, 0.4) is 0 Å². The molecule has 2 fully saturated rings. The highest BCUT2D eigenvalue weighted by molar-refractivity contribution is 5.87. The summed E-state index contributed by atoms with van der Waals surface area (Å²) < 4.78 is 10.7. The predicted molar refractivity (Wildman–Crippen MR) is 113 cm³/mol. The van der Waals surface area contributed by atoms with E-state index in [2.05, 4.69) is 5.32 Å². The van der Waals surface area contributed by atoms with E-state index in [0.717, 1.165) is 5.56 Å². The fourth-order valence-corrected chi connectivity index (χ4v) is 4.47. The second-order valence-corrected chi connectivity index (χ2v) is 8.36. The number of fused-ring (bicyclic) bond motifs is 1. The molecule has 31 heavy (non-hydrogen) atoms. The lowest BCUT2D eigenvalue weighted by molar-refractivity contribution is -0.155. The molecule has 1 amide bonds. The van der Waals surface area contributed by atoms with Gasteiger partial charge in [-0.1, -0.05) is 30.3 Å². The van der Waals surface area contributed by atoms with Crippen molar-refractivity contribution in [1.82, 2.24) is 10.2 Å². The Morgan fingerprint density at radius 3 is 2.61 bits per heavy atom. The molecule has 2 aliphatic rings. The number of likely N-dealkylation sites (tertiary alicyclic amines) is 1. The molecule has 8 nitrogen and oxygen atoms in total. The molecule has 0 aliphatic carbocycles. The van der Waals surface area contributed by atoms with Gasteiger partial charge >= 0.3 is 11.9 Å². The number of hydrogen-bond donors (Lipinski definition) is 2. The molecule has 0 spiro atoms. The average molecular weight is 433 g/mol. The predicted octanol–water partition coefficient (Wildman–Crippen LogP) is 1.48. The molecule has 0 aromatic heterocycles. The Hall–Kier alpha value is -2.45. The third-order valence-corrected chi connectivity index (χ3v) is 6.19. The number of esters is 1. The Balaban J connectivity index is 1.67. The number of piperidine rings is 1. The van der Waals surface area contributed by atoms with Crippen LogP contribution in [0.15, 0.2) is 30.3 Å². The van der Waals surface area contributed by atoms with Crippen LogP contribution in [-0.4, -0.2) is 72.3 Å². The number of amides is 1. The van der Waals surface area contributed by atoms with E-state index >= 15 is 0 Å². The summed E-state index contributed by atoms with van der Waals surface area (Å²) in [7, 11) is 0. The van der Waals surface area contributed by atoms with Gasteiger partial charge in [-0.2, -0.15) is 0 Å². The molecule has 3 unspecified atom stereocenters. The lowest BCUT2D eigenvalue weighted by atomic mass is 9.84. The van der Waals surface area contributed by atoms with Crippen LogP contribution in [0.1, 0.15) is 32.3 Å². The molecule has 1 aromatic rings. The molecule has 2 aliphatic heterocycles. The Morgan fingerprint density at radius 1 is 1.23 bits per heavy atom. The topological polar surface area (TPSA) is 105 Å². The minimum atomic E-state index is -1.00. The molecule has 170 valence electrons. The van der Waals surface area contributed by atoms with E-state index in [-0.39, 0.29) is 24.3 Å². The van der Waals surface area contributed by atoms with Crippen molar-refractivity contribution in [2.75, 3.05) is 26.4 Å². The first kappa shape index (κ1) is 23.2. The third-order valence-electron chi connectivity index (χ3n) is 6.19. The third kappa shape index (κ3) is 5.83. The molecule has 1 aromatic carbocycles. The van der Waals surface area contributed by atoms with Gasteiger partial charge in [0, 0.05) is 19.1 Å². The van der Waals surface area contributed by atoms with Crippen LogP contribution < -0.4 is 5.32 Å². The first-order valence-electron chi connectivity index (χ1n) is 11.0. The maximum atomic E-state index is 13.2. The number of carboxylic acids is 1. The molecule has 0 radical (unpaired) electrons. The first-order valence-corrected chi connectivity index (χ1v) is 11.0. The van der Waals surface area contributed by atoms with Gasteiger partial charge in [0.1, 0.15) is 12.1 Å². The van der Waals surface area contributed by atoms with E-state index in [1.165, 1.54) is 4.90 Å². The SMILES string of the molecule is CCOC(=O)[C@H](CCc1ccccc1)NC(C)C(=O)N1CC2COCC2C[C@H]1C(=O)O. The van der Waals surface area contributed by atoms with Gasteiger partial charge in [-0.3, -0.25) is 14.9 Å².